The van der Waals surface area contributed by atoms with E-state index in [0.717, 1.165) is 6.26 Å². The van der Waals surface area contributed by atoms with Crippen LogP contribution in [0.3, 0.4) is 0 Å². The number of anilines is 2. The van der Waals surface area contributed by atoms with Gasteiger partial charge in [0.2, 0.25) is 15.9 Å². The predicted molar refractivity (Wildman–Crippen MR) is 75.7 cm³/mol. The molecule has 8 heteroatoms. The zero-order chi connectivity index (χ0) is 14.7. The van der Waals surface area contributed by atoms with E-state index in [1.165, 1.54) is 7.11 Å². The number of hydrogen-bond acceptors (Lipinski definition) is 6. The van der Waals surface area contributed by atoms with Gasteiger partial charge in [-0.3, -0.25) is 0 Å². The highest BCUT2D eigenvalue weighted by molar-refractivity contribution is 7.88. The fraction of sp³-hybridized carbons (Fsp3) is 0.545. The highest BCUT2D eigenvalue weighted by atomic mass is 32.2. The number of nitrogens with zero attached hydrogens (tertiary/aromatic N) is 1. The zero-order valence-corrected chi connectivity index (χ0v) is 12.3. The van der Waals surface area contributed by atoms with Gasteiger partial charge in [0.1, 0.15) is 0 Å². The summed E-state index contributed by atoms with van der Waals surface area (Å²) >= 11 is 0. The van der Waals surface area contributed by atoms with Crippen LogP contribution in [0.1, 0.15) is 13.8 Å². The van der Waals surface area contributed by atoms with Crippen molar-refractivity contribution in [2.75, 3.05) is 31.0 Å². The molecule has 0 bridgehead atoms. The number of ether oxygens (including phenoxy) is 1. The topological polar surface area (TPSA) is 106 Å². The van der Waals surface area contributed by atoms with Gasteiger partial charge in [0.15, 0.2) is 5.82 Å². The number of nitrogens with two attached hydrogens (primary N) is 1. The molecule has 1 rings (SSSR count). The standard InChI is InChI=1S/C11H20N4O3S/c1-11(2,15-19(4,16)17)7-13-10-8(12)5-6-9(14-10)18-3/h5-6,15H,7,12H2,1-4H3,(H,13,14). The van der Waals surface area contributed by atoms with Gasteiger partial charge in [0.25, 0.3) is 0 Å². The van der Waals surface area contributed by atoms with Crippen molar-refractivity contribution in [3.05, 3.63) is 12.1 Å². The quantitative estimate of drug-likeness (QED) is 0.700. The molecule has 7 nitrogen and oxygen atoms in total. The molecule has 4 N–H and O–H groups in total. The van der Waals surface area contributed by atoms with E-state index in [4.69, 9.17) is 10.5 Å². The van der Waals surface area contributed by atoms with Crippen LogP contribution in [-0.2, 0) is 10.0 Å². The largest absolute Gasteiger partial charge is 0.481 e. The molecule has 0 aliphatic heterocycles. The monoisotopic (exact) mass is 288 g/mol. The molecule has 0 aliphatic carbocycles. The molecule has 108 valence electrons. The lowest BCUT2D eigenvalue weighted by molar-refractivity contribution is 0.398. The Morgan fingerprint density at radius 2 is 2.05 bits per heavy atom. The number of nitrogen functional groups attached to an aromatic ring is 1. The van der Waals surface area contributed by atoms with E-state index in [-0.39, 0.29) is 0 Å². The number of nitrogens with one attached hydrogen (secondary N) is 2. The number of aromatic nitrogens is 1. The summed E-state index contributed by atoms with van der Waals surface area (Å²) in [7, 11) is -1.76. The van der Waals surface area contributed by atoms with Crippen LogP contribution in [0.2, 0.25) is 0 Å². The van der Waals surface area contributed by atoms with Crippen molar-refractivity contribution in [2.45, 2.75) is 19.4 Å². The van der Waals surface area contributed by atoms with Gasteiger partial charge < -0.3 is 15.8 Å². The van der Waals surface area contributed by atoms with Gasteiger partial charge in [-0.05, 0) is 19.9 Å². The molecular weight excluding hydrogens is 268 g/mol. The molecule has 0 aromatic carbocycles. The molecule has 19 heavy (non-hydrogen) atoms. The summed E-state index contributed by atoms with van der Waals surface area (Å²) in [6.45, 7) is 3.86. The molecule has 0 unspecified atom stereocenters. The lowest BCUT2D eigenvalue weighted by Gasteiger charge is -2.25. The minimum atomic E-state index is -3.28. The van der Waals surface area contributed by atoms with E-state index >= 15 is 0 Å². The van der Waals surface area contributed by atoms with Crippen molar-refractivity contribution in [3.63, 3.8) is 0 Å². The Morgan fingerprint density at radius 3 is 2.58 bits per heavy atom. The first-order valence-corrected chi connectivity index (χ1v) is 7.55. The highest BCUT2D eigenvalue weighted by Crippen LogP contribution is 2.20. The first kappa shape index (κ1) is 15.5. The Kier molecular flexibility index (Phi) is 4.59. The molecule has 0 amide bonds. The molecule has 0 aliphatic rings. The second-order valence-corrected chi connectivity index (χ2v) is 6.65. The molecular formula is C11H20N4O3S. The maximum Gasteiger partial charge on any atom is 0.215 e. The van der Waals surface area contributed by atoms with E-state index in [2.05, 4.69) is 15.0 Å². The summed E-state index contributed by atoms with van der Waals surface area (Å²) in [5.74, 6) is 0.897. The number of rotatable bonds is 6. The Morgan fingerprint density at radius 1 is 1.42 bits per heavy atom. The fourth-order valence-electron chi connectivity index (χ4n) is 1.55. The van der Waals surface area contributed by atoms with Crippen molar-refractivity contribution >= 4 is 21.5 Å². The van der Waals surface area contributed by atoms with Crippen LogP contribution in [0.4, 0.5) is 11.5 Å². The number of sulfonamides is 1. The Bertz CT molecular complexity index is 543. The van der Waals surface area contributed by atoms with E-state index in [1.807, 2.05) is 0 Å². The van der Waals surface area contributed by atoms with Gasteiger partial charge in [-0.15, -0.1) is 0 Å². The summed E-state index contributed by atoms with van der Waals surface area (Å²) in [5.41, 5.74) is 5.59. The summed E-state index contributed by atoms with van der Waals surface area (Å²) in [6.07, 6.45) is 1.12. The average molecular weight is 288 g/mol. The molecule has 0 fully saturated rings. The third-order valence-corrected chi connectivity index (χ3v) is 3.19. The molecule has 0 spiro atoms. The van der Waals surface area contributed by atoms with Crippen LogP contribution >= 0.6 is 0 Å². The van der Waals surface area contributed by atoms with Gasteiger partial charge >= 0.3 is 0 Å². The maximum absolute atomic E-state index is 11.2. The minimum Gasteiger partial charge on any atom is -0.481 e. The normalized spacial score (nSPS) is 12.2. The summed E-state index contributed by atoms with van der Waals surface area (Å²) in [4.78, 5) is 4.15. The van der Waals surface area contributed by atoms with Crippen LogP contribution in [0.15, 0.2) is 12.1 Å². The van der Waals surface area contributed by atoms with Crippen molar-refractivity contribution in [1.82, 2.24) is 9.71 Å². The van der Waals surface area contributed by atoms with Crippen LogP contribution < -0.4 is 20.5 Å². The van der Waals surface area contributed by atoms with Crippen LogP contribution in [0.25, 0.3) is 0 Å². The van der Waals surface area contributed by atoms with Crippen molar-refractivity contribution in [1.29, 1.82) is 0 Å². The number of hydrogen-bond donors (Lipinski definition) is 3. The Balaban J connectivity index is 2.76. The van der Waals surface area contributed by atoms with Gasteiger partial charge in [-0.2, -0.15) is 4.98 Å². The third kappa shape index (κ3) is 5.31. The lowest BCUT2D eigenvalue weighted by atomic mass is 10.1. The predicted octanol–water partition coefficient (Wildman–Crippen LogP) is 0.412. The van der Waals surface area contributed by atoms with Crippen LogP contribution in [0, 0.1) is 0 Å². The van der Waals surface area contributed by atoms with E-state index in [9.17, 15) is 8.42 Å². The second-order valence-electron chi connectivity index (χ2n) is 4.90. The average Bonchev–Trinajstić information content (AvgIpc) is 2.25. The fourth-order valence-corrected chi connectivity index (χ4v) is 2.63. The van der Waals surface area contributed by atoms with Crippen molar-refractivity contribution in [3.8, 4) is 5.88 Å². The maximum atomic E-state index is 11.2. The lowest BCUT2D eigenvalue weighted by Crippen LogP contribution is -2.47. The molecule has 0 saturated carbocycles. The zero-order valence-electron chi connectivity index (χ0n) is 11.5. The molecule has 0 radical (unpaired) electrons. The van der Waals surface area contributed by atoms with Crippen LogP contribution in [0.5, 0.6) is 5.88 Å². The van der Waals surface area contributed by atoms with Gasteiger partial charge in [0, 0.05) is 18.2 Å². The molecule has 1 heterocycles. The first-order valence-electron chi connectivity index (χ1n) is 5.66. The second kappa shape index (κ2) is 5.62. The number of pyridine rings is 1. The highest BCUT2D eigenvalue weighted by Gasteiger charge is 2.22. The van der Waals surface area contributed by atoms with E-state index in [0.29, 0.717) is 23.9 Å². The van der Waals surface area contributed by atoms with Crippen molar-refractivity contribution < 1.29 is 13.2 Å². The van der Waals surface area contributed by atoms with Crippen molar-refractivity contribution in [2.24, 2.45) is 0 Å². The SMILES string of the molecule is COc1ccc(N)c(NCC(C)(C)NS(C)(=O)=O)n1. The van der Waals surface area contributed by atoms with E-state index < -0.39 is 15.6 Å². The minimum absolute atomic E-state index is 0.338. The third-order valence-electron chi connectivity index (χ3n) is 2.27. The van der Waals surface area contributed by atoms with Gasteiger partial charge in [0.05, 0.1) is 19.1 Å². The Labute approximate surface area is 113 Å². The first-order chi connectivity index (χ1) is 8.63. The molecule has 0 atom stereocenters. The molecule has 0 saturated heterocycles. The molecule has 1 aromatic heterocycles. The van der Waals surface area contributed by atoms with Gasteiger partial charge in [-0.1, -0.05) is 0 Å². The summed E-state index contributed by atoms with van der Waals surface area (Å²) in [5, 5.41) is 3.01. The summed E-state index contributed by atoms with van der Waals surface area (Å²) in [6, 6.07) is 3.32. The van der Waals surface area contributed by atoms with E-state index in [1.54, 1.807) is 26.0 Å². The van der Waals surface area contributed by atoms with Crippen LogP contribution in [-0.4, -0.2) is 38.9 Å². The van der Waals surface area contributed by atoms with Gasteiger partial charge in [-0.25, -0.2) is 13.1 Å². The summed E-state index contributed by atoms with van der Waals surface area (Å²) < 4.78 is 30.0. The molecule has 1 aromatic rings. The smallest absolute Gasteiger partial charge is 0.215 e. The Hall–Kier alpha value is -1.54. The number of methoxy groups -OCH3 is 1.